The van der Waals surface area contributed by atoms with E-state index in [4.69, 9.17) is 15.2 Å². The Hall–Kier alpha value is -3.75. The largest absolute Gasteiger partial charge is 0.489 e. The monoisotopic (exact) mass is 448 g/mol. The zero-order chi connectivity index (χ0) is 23.4. The van der Waals surface area contributed by atoms with Crippen LogP contribution < -0.4 is 20.1 Å². The number of pyridine rings is 2. The highest BCUT2D eigenvalue weighted by Gasteiger charge is 2.26. The molecular formula is C24H28N6O3. The van der Waals surface area contributed by atoms with Crippen molar-refractivity contribution < 1.29 is 14.3 Å². The van der Waals surface area contributed by atoms with E-state index >= 15 is 0 Å². The summed E-state index contributed by atoms with van der Waals surface area (Å²) in [5.41, 5.74) is 9.70. The van der Waals surface area contributed by atoms with Gasteiger partial charge in [-0.1, -0.05) is 0 Å². The van der Waals surface area contributed by atoms with Gasteiger partial charge in [-0.25, -0.2) is 4.98 Å². The minimum absolute atomic E-state index is 0.0912. The van der Waals surface area contributed by atoms with Gasteiger partial charge < -0.3 is 20.1 Å². The van der Waals surface area contributed by atoms with E-state index in [9.17, 15) is 4.79 Å². The molecule has 3 aromatic heterocycles. The van der Waals surface area contributed by atoms with Crippen molar-refractivity contribution in [3.05, 3.63) is 64.7 Å². The summed E-state index contributed by atoms with van der Waals surface area (Å²) < 4.78 is 11.2. The van der Waals surface area contributed by atoms with Crippen LogP contribution >= 0.6 is 0 Å². The SMILES string of the molecule is COc1ccc(OC2CCN(c3nnc(C(N)=O)c(Cc4ccncc4C)c3C)CC2)cn1. The number of aromatic nitrogens is 4. The lowest BCUT2D eigenvalue weighted by molar-refractivity contribution is 0.0993. The summed E-state index contributed by atoms with van der Waals surface area (Å²) in [5.74, 6) is 1.50. The first kappa shape index (κ1) is 22.4. The van der Waals surface area contributed by atoms with Gasteiger partial charge in [0.1, 0.15) is 11.9 Å². The first-order valence-corrected chi connectivity index (χ1v) is 10.9. The van der Waals surface area contributed by atoms with Crippen molar-refractivity contribution in [1.29, 1.82) is 0 Å². The number of hydrogen-bond donors (Lipinski definition) is 1. The van der Waals surface area contributed by atoms with Crippen LogP contribution in [0.15, 0.2) is 36.8 Å². The fourth-order valence-electron chi connectivity index (χ4n) is 4.09. The van der Waals surface area contributed by atoms with E-state index in [1.807, 2.05) is 32.2 Å². The third kappa shape index (κ3) is 5.02. The summed E-state index contributed by atoms with van der Waals surface area (Å²) in [4.78, 5) is 22.6. The summed E-state index contributed by atoms with van der Waals surface area (Å²) in [6.45, 7) is 5.52. The number of ether oxygens (including phenoxy) is 2. The highest BCUT2D eigenvalue weighted by molar-refractivity contribution is 5.93. The summed E-state index contributed by atoms with van der Waals surface area (Å²) in [6.07, 6.45) is 7.55. The van der Waals surface area contributed by atoms with Crippen molar-refractivity contribution in [1.82, 2.24) is 20.2 Å². The van der Waals surface area contributed by atoms with Crippen LogP contribution in [0.5, 0.6) is 11.6 Å². The van der Waals surface area contributed by atoms with Gasteiger partial charge >= 0.3 is 0 Å². The lowest BCUT2D eigenvalue weighted by Gasteiger charge is -2.33. The summed E-state index contributed by atoms with van der Waals surface area (Å²) in [7, 11) is 1.59. The highest BCUT2D eigenvalue weighted by Crippen LogP contribution is 2.28. The minimum Gasteiger partial charge on any atom is -0.489 e. The Kier molecular flexibility index (Phi) is 6.67. The fraction of sp³-hybridized carbons (Fsp3) is 0.375. The Morgan fingerprint density at radius 1 is 1.15 bits per heavy atom. The molecular weight excluding hydrogens is 420 g/mol. The van der Waals surface area contributed by atoms with Crippen LogP contribution in [0.3, 0.4) is 0 Å². The maximum Gasteiger partial charge on any atom is 0.269 e. The average molecular weight is 449 g/mol. The van der Waals surface area contributed by atoms with E-state index in [-0.39, 0.29) is 11.8 Å². The Balaban J connectivity index is 1.50. The number of carbonyl (C=O) groups excluding carboxylic acids is 1. The number of carbonyl (C=O) groups is 1. The number of piperidine rings is 1. The number of hydrogen-bond acceptors (Lipinski definition) is 8. The van der Waals surface area contributed by atoms with Crippen LogP contribution in [-0.2, 0) is 6.42 Å². The lowest BCUT2D eigenvalue weighted by atomic mass is 9.97. The van der Waals surface area contributed by atoms with E-state index in [0.29, 0.717) is 12.3 Å². The maximum atomic E-state index is 12.1. The first-order valence-electron chi connectivity index (χ1n) is 10.9. The predicted molar refractivity (Wildman–Crippen MR) is 124 cm³/mol. The Morgan fingerprint density at radius 3 is 2.58 bits per heavy atom. The molecule has 0 aromatic carbocycles. The standard InChI is InChI=1S/C24H28N6O3/c1-15-13-26-9-6-17(15)12-20-16(2)24(29-28-22(20)23(25)31)30-10-7-18(8-11-30)33-19-4-5-21(32-3)27-14-19/h4-6,9,13-14,18H,7-8,10-12H2,1-3H3,(H2,25,31). The topological polar surface area (TPSA) is 116 Å². The second-order valence-corrected chi connectivity index (χ2v) is 8.16. The molecule has 0 saturated carbocycles. The van der Waals surface area contributed by atoms with Gasteiger partial charge in [-0.3, -0.25) is 9.78 Å². The van der Waals surface area contributed by atoms with E-state index in [1.54, 1.807) is 25.6 Å². The van der Waals surface area contributed by atoms with E-state index in [1.165, 1.54) is 0 Å². The van der Waals surface area contributed by atoms with Gasteiger partial charge in [-0.05, 0) is 48.2 Å². The molecule has 0 bridgehead atoms. The summed E-state index contributed by atoms with van der Waals surface area (Å²) in [5, 5.41) is 8.58. The van der Waals surface area contributed by atoms with E-state index < -0.39 is 5.91 Å². The van der Waals surface area contributed by atoms with Crippen molar-refractivity contribution in [2.45, 2.75) is 39.2 Å². The van der Waals surface area contributed by atoms with Gasteiger partial charge in [0, 0.05) is 50.8 Å². The molecule has 172 valence electrons. The van der Waals surface area contributed by atoms with Gasteiger partial charge in [0.05, 0.1) is 13.3 Å². The van der Waals surface area contributed by atoms with Gasteiger partial charge in [-0.2, -0.15) is 0 Å². The summed E-state index contributed by atoms with van der Waals surface area (Å²) in [6, 6.07) is 5.61. The minimum atomic E-state index is -0.570. The normalized spacial score (nSPS) is 14.2. The van der Waals surface area contributed by atoms with Crippen molar-refractivity contribution in [3.63, 3.8) is 0 Å². The van der Waals surface area contributed by atoms with E-state index in [2.05, 4.69) is 25.1 Å². The molecule has 4 heterocycles. The Labute approximate surface area is 193 Å². The van der Waals surface area contributed by atoms with Crippen LogP contribution in [-0.4, -0.2) is 52.4 Å². The smallest absolute Gasteiger partial charge is 0.269 e. The number of rotatable bonds is 7. The number of amides is 1. The Morgan fingerprint density at radius 2 is 1.94 bits per heavy atom. The molecule has 3 aromatic rings. The molecule has 1 saturated heterocycles. The number of primary amides is 1. The molecule has 2 N–H and O–H groups in total. The second-order valence-electron chi connectivity index (χ2n) is 8.16. The zero-order valence-corrected chi connectivity index (χ0v) is 19.1. The van der Waals surface area contributed by atoms with Crippen molar-refractivity contribution in [2.75, 3.05) is 25.1 Å². The van der Waals surface area contributed by atoms with E-state index in [0.717, 1.165) is 59.8 Å². The molecule has 0 spiro atoms. The van der Waals surface area contributed by atoms with Crippen LogP contribution in [0.2, 0.25) is 0 Å². The molecule has 1 aliphatic rings. The summed E-state index contributed by atoms with van der Waals surface area (Å²) >= 11 is 0. The molecule has 0 aliphatic carbocycles. The van der Waals surface area contributed by atoms with Gasteiger partial charge in [0.15, 0.2) is 11.5 Å². The fourth-order valence-corrected chi connectivity index (χ4v) is 4.09. The number of nitrogens with zero attached hydrogens (tertiary/aromatic N) is 5. The van der Waals surface area contributed by atoms with Crippen molar-refractivity contribution in [2.24, 2.45) is 5.73 Å². The molecule has 1 fully saturated rings. The third-order valence-electron chi connectivity index (χ3n) is 6.02. The van der Waals surface area contributed by atoms with Crippen LogP contribution in [0.4, 0.5) is 5.82 Å². The number of methoxy groups -OCH3 is 1. The quantitative estimate of drug-likeness (QED) is 0.586. The van der Waals surface area contributed by atoms with Crippen LogP contribution in [0.25, 0.3) is 0 Å². The molecule has 33 heavy (non-hydrogen) atoms. The maximum absolute atomic E-state index is 12.1. The molecule has 1 amide bonds. The third-order valence-corrected chi connectivity index (χ3v) is 6.02. The lowest BCUT2D eigenvalue weighted by Crippen LogP contribution is -2.39. The molecule has 1 aliphatic heterocycles. The molecule has 0 unspecified atom stereocenters. The number of aryl methyl sites for hydroxylation is 1. The Bertz CT molecular complexity index is 1130. The molecule has 9 heteroatoms. The molecule has 9 nitrogen and oxygen atoms in total. The average Bonchev–Trinajstić information content (AvgIpc) is 2.82. The second kappa shape index (κ2) is 9.81. The molecule has 0 radical (unpaired) electrons. The van der Waals surface area contributed by atoms with Crippen molar-refractivity contribution in [3.8, 4) is 11.6 Å². The van der Waals surface area contributed by atoms with Crippen LogP contribution in [0, 0.1) is 13.8 Å². The van der Waals surface area contributed by atoms with Gasteiger partial charge in [-0.15, -0.1) is 10.2 Å². The predicted octanol–water partition coefficient (Wildman–Crippen LogP) is 2.63. The highest BCUT2D eigenvalue weighted by atomic mass is 16.5. The number of nitrogens with two attached hydrogens (primary N) is 1. The molecule has 0 atom stereocenters. The van der Waals surface area contributed by atoms with Gasteiger partial charge in [0.25, 0.3) is 5.91 Å². The van der Waals surface area contributed by atoms with Crippen molar-refractivity contribution >= 4 is 11.7 Å². The van der Waals surface area contributed by atoms with Crippen LogP contribution in [0.1, 0.15) is 45.6 Å². The molecule has 4 rings (SSSR count). The number of anilines is 1. The van der Waals surface area contributed by atoms with Gasteiger partial charge in [0.2, 0.25) is 5.88 Å². The zero-order valence-electron chi connectivity index (χ0n) is 19.1. The first-order chi connectivity index (χ1) is 16.0.